The monoisotopic (exact) mass is 440 g/mol. The summed E-state index contributed by atoms with van der Waals surface area (Å²) in [4.78, 5) is 15.6. The van der Waals surface area contributed by atoms with Crippen LogP contribution < -0.4 is 5.73 Å². The molecule has 5 nitrogen and oxygen atoms in total. The molecule has 6 rings (SSSR count). The number of amides is 1. The number of anilines is 1. The quantitative estimate of drug-likeness (QED) is 0.435. The topological polar surface area (TPSA) is 64.2 Å². The average molecular weight is 441 g/mol. The van der Waals surface area contributed by atoms with E-state index < -0.39 is 5.82 Å². The zero-order chi connectivity index (χ0) is 22.7. The lowest BCUT2D eigenvalue weighted by molar-refractivity contribution is 0.0678. The number of rotatable bonds is 3. The van der Waals surface area contributed by atoms with Gasteiger partial charge >= 0.3 is 0 Å². The Kier molecular flexibility index (Phi) is 4.50. The van der Waals surface area contributed by atoms with Gasteiger partial charge in [-0.2, -0.15) is 5.10 Å². The molecule has 0 saturated heterocycles. The van der Waals surface area contributed by atoms with E-state index in [0.29, 0.717) is 29.4 Å². The Balaban J connectivity index is 1.41. The fourth-order valence-corrected chi connectivity index (χ4v) is 5.04. The van der Waals surface area contributed by atoms with Crippen LogP contribution in [0.1, 0.15) is 58.8 Å². The molecule has 0 unspecified atom stereocenters. The number of nitrogens with two attached hydrogens (primary N) is 1. The number of halogens is 1. The molecule has 1 atom stereocenters. The molecule has 3 aromatic carbocycles. The highest BCUT2D eigenvalue weighted by atomic mass is 19.1. The zero-order valence-electron chi connectivity index (χ0n) is 18.5. The summed E-state index contributed by atoms with van der Waals surface area (Å²) < 4.78 is 16.1. The molecule has 2 heterocycles. The average Bonchev–Trinajstić information content (AvgIpc) is 3.57. The van der Waals surface area contributed by atoms with Crippen molar-refractivity contribution in [1.29, 1.82) is 0 Å². The maximum absolute atomic E-state index is 14.5. The summed E-state index contributed by atoms with van der Waals surface area (Å²) in [5, 5.41) is 5.55. The second-order valence-corrected chi connectivity index (χ2v) is 9.19. The molecule has 6 heteroatoms. The summed E-state index contributed by atoms with van der Waals surface area (Å²) in [7, 11) is 0. The van der Waals surface area contributed by atoms with Gasteiger partial charge < -0.3 is 10.6 Å². The Bertz CT molecular complexity index is 1400. The maximum atomic E-state index is 14.5. The second kappa shape index (κ2) is 7.44. The Morgan fingerprint density at radius 3 is 2.70 bits per heavy atom. The summed E-state index contributed by atoms with van der Waals surface area (Å²) in [5.41, 5.74) is 11.5. The van der Waals surface area contributed by atoms with Gasteiger partial charge in [0.25, 0.3) is 5.91 Å². The van der Waals surface area contributed by atoms with E-state index in [2.05, 4.69) is 25.1 Å². The highest BCUT2D eigenvalue weighted by Crippen LogP contribution is 2.44. The first-order chi connectivity index (χ1) is 16.0. The third-order valence-corrected chi connectivity index (χ3v) is 6.98. The minimum absolute atomic E-state index is 0.0223. The van der Waals surface area contributed by atoms with E-state index in [-0.39, 0.29) is 11.9 Å². The number of benzene rings is 3. The van der Waals surface area contributed by atoms with Crippen molar-refractivity contribution in [3.05, 3.63) is 88.9 Å². The van der Waals surface area contributed by atoms with E-state index in [1.54, 1.807) is 16.8 Å². The fourth-order valence-electron chi connectivity index (χ4n) is 5.04. The second-order valence-electron chi connectivity index (χ2n) is 9.19. The number of nitrogen functional groups attached to an aromatic ring is 1. The van der Waals surface area contributed by atoms with Crippen LogP contribution in [-0.4, -0.2) is 27.1 Å². The van der Waals surface area contributed by atoms with Crippen LogP contribution in [0.5, 0.6) is 0 Å². The first-order valence-electron chi connectivity index (χ1n) is 11.5. The summed E-state index contributed by atoms with van der Waals surface area (Å²) in [6.45, 7) is 2.79. The Labute approximate surface area is 191 Å². The van der Waals surface area contributed by atoms with Crippen molar-refractivity contribution in [2.45, 2.75) is 38.1 Å². The van der Waals surface area contributed by atoms with Gasteiger partial charge in [-0.1, -0.05) is 24.3 Å². The molecule has 1 aliphatic heterocycles. The SMILES string of the molecule is C[C@@H]1c2ccccc2CCN1C(=O)c1cc(C2CC2)c2nn(-c3ccc(N)cc3F)cc2c1. The highest BCUT2D eigenvalue weighted by Gasteiger charge is 2.31. The van der Waals surface area contributed by atoms with Crippen LogP contribution in [0.15, 0.2) is 60.8 Å². The van der Waals surface area contributed by atoms with Crippen LogP contribution in [0.4, 0.5) is 10.1 Å². The molecular formula is C27H25FN4O. The lowest BCUT2D eigenvalue weighted by atomic mass is 9.92. The summed E-state index contributed by atoms with van der Waals surface area (Å²) in [5.74, 6) is 0.0134. The largest absolute Gasteiger partial charge is 0.399 e. The van der Waals surface area contributed by atoms with Gasteiger partial charge in [0.2, 0.25) is 0 Å². The summed E-state index contributed by atoms with van der Waals surface area (Å²) in [6, 6.07) is 16.9. The zero-order valence-corrected chi connectivity index (χ0v) is 18.5. The van der Waals surface area contributed by atoms with Crippen molar-refractivity contribution in [2.75, 3.05) is 12.3 Å². The number of hydrogen-bond donors (Lipinski definition) is 1. The van der Waals surface area contributed by atoms with Crippen molar-refractivity contribution in [3.63, 3.8) is 0 Å². The number of nitrogens with zero attached hydrogens (tertiary/aromatic N) is 3. The molecule has 0 spiro atoms. The normalized spacial score (nSPS) is 17.9. The number of carbonyl (C=O) groups excluding carboxylic acids is 1. The van der Waals surface area contributed by atoms with Crippen molar-refractivity contribution in [3.8, 4) is 5.69 Å². The third kappa shape index (κ3) is 3.37. The minimum atomic E-state index is -0.423. The van der Waals surface area contributed by atoms with Gasteiger partial charge in [0.15, 0.2) is 5.82 Å². The lowest BCUT2D eigenvalue weighted by Gasteiger charge is -2.35. The number of hydrogen-bond acceptors (Lipinski definition) is 3. The highest BCUT2D eigenvalue weighted by molar-refractivity contribution is 5.99. The van der Waals surface area contributed by atoms with Crippen molar-refractivity contribution >= 4 is 22.5 Å². The predicted molar refractivity (Wildman–Crippen MR) is 127 cm³/mol. The van der Waals surface area contributed by atoms with Gasteiger partial charge in [0, 0.05) is 29.4 Å². The molecular weight excluding hydrogens is 415 g/mol. The van der Waals surface area contributed by atoms with Gasteiger partial charge in [0.1, 0.15) is 5.69 Å². The van der Waals surface area contributed by atoms with Crippen LogP contribution in [0.3, 0.4) is 0 Å². The van der Waals surface area contributed by atoms with E-state index in [1.807, 2.05) is 29.3 Å². The molecule has 1 aromatic heterocycles. The van der Waals surface area contributed by atoms with E-state index in [0.717, 1.165) is 35.7 Å². The van der Waals surface area contributed by atoms with Gasteiger partial charge in [-0.05, 0) is 79.1 Å². The Hall–Kier alpha value is -3.67. The molecule has 2 N–H and O–H groups in total. The van der Waals surface area contributed by atoms with Crippen LogP contribution in [0.25, 0.3) is 16.6 Å². The van der Waals surface area contributed by atoms with Gasteiger partial charge in [0.05, 0.1) is 11.6 Å². The number of carbonyl (C=O) groups is 1. The first kappa shape index (κ1) is 20.0. The molecule has 1 saturated carbocycles. The maximum Gasteiger partial charge on any atom is 0.254 e. The van der Waals surface area contributed by atoms with Crippen LogP contribution >= 0.6 is 0 Å². The molecule has 166 valence electrons. The first-order valence-corrected chi connectivity index (χ1v) is 11.5. The molecule has 4 aromatic rings. The standard InChI is InChI=1S/C27H25FN4O/c1-16-22-5-3-2-4-17(22)10-11-31(16)27(33)19-12-20-15-32(25-9-8-21(29)14-24(25)28)30-26(20)23(13-19)18-6-7-18/h2-5,8-9,12-16,18H,6-7,10-11,29H2,1H3/t16-/m1/s1. The van der Waals surface area contributed by atoms with Gasteiger partial charge in [-0.3, -0.25) is 4.79 Å². The Morgan fingerprint density at radius 2 is 1.91 bits per heavy atom. The molecule has 33 heavy (non-hydrogen) atoms. The summed E-state index contributed by atoms with van der Waals surface area (Å²) >= 11 is 0. The van der Waals surface area contributed by atoms with Crippen LogP contribution in [-0.2, 0) is 6.42 Å². The predicted octanol–water partition coefficient (Wildman–Crippen LogP) is 5.38. The molecule has 1 amide bonds. The van der Waals surface area contributed by atoms with E-state index in [1.165, 1.54) is 17.2 Å². The van der Waals surface area contributed by atoms with E-state index in [4.69, 9.17) is 10.8 Å². The number of fused-ring (bicyclic) bond motifs is 2. The molecule has 2 aliphatic rings. The van der Waals surface area contributed by atoms with E-state index >= 15 is 0 Å². The van der Waals surface area contributed by atoms with Crippen LogP contribution in [0, 0.1) is 5.82 Å². The molecule has 0 radical (unpaired) electrons. The molecule has 0 bridgehead atoms. The van der Waals surface area contributed by atoms with Gasteiger partial charge in [-0.25, -0.2) is 9.07 Å². The van der Waals surface area contributed by atoms with Crippen molar-refractivity contribution < 1.29 is 9.18 Å². The van der Waals surface area contributed by atoms with Crippen molar-refractivity contribution in [1.82, 2.24) is 14.7 Å². The van der Waals surface area contributed by atoms with Crippen molar-refractivity contribution in [2.24, 2.45) is 0 Å². The third-order valence-electron chi connectivity index (χ3n) is 6.98. The van der Waals surface area contributed by atoms with E-state index in [9.17, 15) is 9.18 Å². The molecule has 1 fully saturated rings. The Morgan fingerprint density at radius 1 is 1.09 bits per heavy atom. The van der Waals surface area contributed by atoms with Crippen LogP contribution in [0.2, 0.25) is 0 Å². The smallest absolute Gasteiger partial charge is 0.254 e. The fraction of sp³-hybridized carbons (Fsp3) is 0.259. The lowest BCUT2D eigenvalue weighted by Crippen LogP contribution is -2.38. The minimum Gasteiger partial charge on any atom is -0.399 e. The molecule has 1 aliphatic carbocycles. The number of aromatic nitrogens is 2. The summed E-state index contributed by atoms with van der Waals surface area (Å²) in [6.07, 6.45) is 4.84. The van der Waals surface area contributed by atoms with Gasteiger partial charge in [-0.15, -0.1) is 0 Å².